The monoisotopic (exact) mass is 343 g/mol. The first-order valence-corrected chi connectivity index (χ1v) is 7.41. The molecular formula is C16H7Cl2N3O2. The van der Waals surface area contributed by atoms with Gasteiger partial charge in [-0.05, 0) is 36.4 Å². The Morgan fingerprint density at radius 1 is 0.826 bits per heavy atom. The number of pyridine rings is 2. The first kappa shape index (κ1) is 14.1. The van der Waals surface area contributed by atoms with Crippen LogP contribution in [-0.2, 0) is 0 Å². The van der Waals surface area contributed by atoms with Crippen molar-refractivity contribution in [1.29, 1.82) is 0 Å². The third kappa shape index (κ3) is 2.17. The van der Waals surface area contributed by atoms with Crippen LogP contribution in [-0.4, -0.2) is 21.8 Å². The van der Waals surface area contributed by atoms with Gasteiger partial charge in [-0.2, -0.15) is 0 Å². The van der Waals surface area contributed by atoms with Crippen molar-refractivity contribution in [1.82, 2.24) is 9.97 Å². The first-order chi connectivity index (χ1) is 11.0. The molecule has 0 N–H and O–H groups in total. The molecule has 0 atom stereocenters. The fourth-order valence-corrected chi connectivity index (χ4v) is 2.84. The molecule has 1 aliphatic rings. The molecule has 0 fully saturated rings. The minimum absolute atomic E-state index is 0.226. The van der Waals surface area contributed by atoms with Gasteiger partial charge in [0.15, 0.2) is 0 Å². The molecule has 0 saturated heterocycles. The topological polar surface area (TPSA) is 63.2 Å². The molecule has 0 unspecified atom stereocenters. The van der Waals surface area contributed by atoms with E-state index < -0.39 is 11.8 Å². The van der Waals surface area contributed by atoms with Crippen molar-refractivity contribution in [2.75, 3.05) is 4.90 Å². The Hall–Kier alpha value is -2.50. The Bertz CT molecular complexity index is 1000. The molecule has 5 nitrogen and oxygen atoms in total. The number of amides is 2. The second-order valence-corrected chi connectivity index (χ2v) is 5.87. The normalized spacial score (nSPS) is 13.7. The fourth-order valence-electron chi connectivity index (χ4n) is 2.52. The maximum absolute atomic E-state index is 12.5. The van der Waals surface area contributed by atoms with Crippen molar-refractivity contribution in [3.8, 4) is 0 Å². The van der Waals surface area contributed by atoms with Gasteiger partial charge >= 0.3 is 0 Å². The van der Waals surface area contributed by atoms with Crippen molar-refractivity contribution >= 4 is 51.9 Å². The van der Waals surface area contributed by atoms with E-state index in [0.29, 0.717) is 26.6 Å². The highest BCUT2D eigenvalue weighted by Crippen LogP contribution is 2.30. The Kier molecular flexibility index (Phi) is 3.07. The lowest BCUT2D eigenvalue weighted by Crippen LogP contribution is -2.30. The number of fused-ring (bicyclic) bond motifs is 2. The lowest BCUT2D eigenvalue weighted by atomic mass is 10.1. The highest BCUT2D eigenvalue weighted by molar-refractivity contribution is 6.36. The number of rotatable bonds is 1. The van der Waals surface area contributed by atoms with Crippen LogP contribution >= 0.6 is 23.2 Å². The van der Waals surface area contributed by atoms with Crippen molar-refractivity contribution in [3.63, 3.8) is 0 Å². The van der Waals surface area contributed by atoms with Gasteiger partial charge in [-0.25, -0.2) is 9.88 Å². The number of nitrogens with zero attached hydrogens (tertiary/aromatic N) is 3. The summed E-state index contributed by atoms with van der Waals surface area (Å²) in [7, 11) is 0. The van der Waals surface area contributed by atoms with Crippen LogP contribution in [0.5, 0.6) is 0 Å². The number of anilines is 1. The van der Waals surface area contributed by atoms with Crippen LogP contribution in [0, 0.1) is 0 Å². The average Bonchev–Trinajstić information content (AvgIpc) is 2.77. The van der Waals surface area contributed by atoms with Crippen molar-refractivity contribution in [2.24, 2.45) is 0 Å². The maximum Gasteiger partial charge on any atom is 0.267 e. The van der Waals surface area contributed by atoms with Crippen molar-refractivity contribution in [2.45, 2.75) is 0 Å². The summed E-state index contributed by atoms with van der Waals surface area (Å²) in [5, 5.41) is 0.825. The number of benzene rings is 1. The van der Waals surface area contributed by atoms with Gasteiger partial charge in [0.05, 0.1) is 27.2 Å². The molecular weight excluding hydrogens is 337 g/mol. The number of halogens is 2. The molecule has 3 aromatic rings. The van der Waals surface area contributed by atoms with Gasteiger partial charge in [-0.3, -0.25) is 14.6 Å². The minimum atomic E-state index is -0.450. The highest BCUT2D eigenvalue weighted by Gasteiger charge is 2.37. The van der Waals surface area contributed by atoms with Crippen LogP contribution in [0.3, 0.4) is 0 Å². The van der Waals surface area contributed by atoms with E-state index in [1.807, 2.05) is 0 Å². The Labute approximate surface area is 140 Å². The molecule has 112 valence electrons. The number of aromatic nitrogens is 2. The number of hydrogen-bond acceptors (Lipinski definition) is 4. The lowest BCUT2D eigenvalue weighted by molar-refractivity contribution is 0.0925. The third-order valence-corrected chi connectivity index (χ3v) is 4.01. The number of carbonyl (C=O) groups excluding carboxylic acids is 2. The maximum atomic E-state index is 12.5. The minimum Gasteiger partial charge on any atom is -0.268 e. The van der Waals surface area contributed by atoms with Gasteiger partial charge < -0.3 is 0 Å². The molecule has 4 rings (SSSR count). The highest BCUT2D eigenvalue weighted by atomic mass is 35.5. The number of hydrogen-bond donors (Lipinski definition) is 0. The predicted octanol–water partition coefficient (Wildman–Crippen LogP) is 3.74. The van der Waals surface area contributed by atoms with Gasteiger partial charge in [-0.1, -0.05) is 23.2 Å². The average molecular weight is 344 g/mol. The largest absolute Gasteiger partial charge is 0.268 e. The molecule has 3 heterocycles. The standard InChI is InChI=1S/C16H7Cl2N3O2/c17-8-1-2-10-11(5-8)16(23)21(15(10)22)14-4-3-12-13(20-14)6-9(18)7-19-12/h1-7H. The molecule has 0 aliphatic carbocycles. The Balaban J connectivity index is 1.85. The van der Waals surface area contributed by atoms with Gasteiger partial charge in [-0.15, -0.1) is 0 Å². The molecule has 0 radical (unpaired) electrons. The molecule has 1 aliphatic heterocycles. The molecule has 7 heteroatoms. The fraction of sp³-hybridized carbons (Fsp3) is 0. The summed E-state index contributed by atoms with van der Waals surface area (Å²) in [5.41, 5.74) is 1.71. The molecule has 0 saturated carbocycles. The van der Waals surface area contributed by atoms with Crippen LogP contribution in [0.25, 0.3) is 11.0 Å². The van der Waals surface area contributed by atoms with E-state index in [9.17, 15) is 9.59 Å². The quantitative estimate of drug-likeness (QED) is 0.631. The van der Waals surface area contributed by atoms with E-state index >= 15 is 0 Å². The van der Waals surface area contributed by atoms with E-state index in [1.165, 1.54) is 18.3 Å². The van der Waals surface area contributed by atoms with Crippen LogP contribution in [0.15, 0.2) is 42.6 Å². The molecule has 1 aromatic carbocycles. The molecule has 0 bridgehead atoms. The lowest BCUT2D eigenvalue weighted by Gasteiger charge is -2.13. The zero-order valence-electron chi connectivity index (χ0n) is 11.5. The van der Waals surface area contributed by atoms with E-state index in [2.05, 4.69) is 9.97 Å². The second-order valence-electron chi connectivity index (χ2n) is 5.00. The predicted molar refractivity (Wildman–Crippen MR) is 87.1 cm³/mol. The van der Waals surface area contributed by atoms with Crippen LogP contribution in [0.2, 0.25) is 10.0 Å². The van der Waals surface area contributed by atoms with E-state index in [4.69, 9.17) is 23.2 Å². The summed E-state index contributed by atoms with van der Waals surface area (Å²) in [6, 6.07) is 9.49. The summed E-state index contributed by atoms with van der Waals surface area (Å²) in [6.45, 7) is 0. The summed E-state index contributed by atoms with van der Waals surface area (Å²) in [5.74, 6) is -0.651. The second kappa shape index (κ2) is 5.01. The molecule has 2 aromatic heterocycles. The Morgan fingerprint density at radius 3 is 2.43 bits per heavy atom. The van der Waals surface area contributed by atoms with Crippen LogP contribution in [0.1, 0.15) is 20.7 Å². The number of carbonyl (C=O) groups is 2. The summed E-state index contributed by atoms with van der Waals surface area (Å²) in [4.78, 5) is 34.5. The summed E-state index contributed by atoms with van der Waals surface area (Å²) in [6.07, 6.45) is 1.51. The van der Waals surface area contributed by atoms with E-state index in [0.717, 1.165) is 4.90 Å². The van der Waals surface area contributed by atoms with Crippen LogP contribution in [0.4, 0.5) is 5.82 Å². The Morgan fingerprint density at radius 2 is 1.61 bits per heavy atom. The zero-order valence-corrected chi connectivity index (χ0v) is 13.0. The van der Waals surface area contributed by atoms with E-state index in [1.54, 1.807) is 24.3 Å². The third-order valence-electron chi connectivity index (χ3n) is 3.57. The van der Waals surface area contributed by atoms with Gasteiger partial charge in [0.1, 0.15) is 5.82 Å². The van der Waals surface area contributed by atoms with Gasteiger partial charge in [0.2, 0.25) is 0 Å². The zero-order chi connectivity index (χ0) is 16.1. The van der Waals surface area contributed by atoms with Crippen molar-refractivity contribution in [3.05, 3.63) is 63.8 Å². The van der Waals surface area contributed by atoms with Gasteiger partial charge in [0.25, 0.3) is 11.8 Å². The van der Waals surface area contributed by atoms with Gasteiger partial charge in [0, 0.05) is 11.2 Å². The van der Waals surface area contributed by atoms with E-state index in [-0.39, 0.29) is 11.4 Å². The molecule has 23 heavy (non-hydrogen) atoms. The smallest absolute Gasteiger partial charge is 0.267 e. The molecule has 0 spiro atoms. The summed E-state index contributed by atoms with van der Waals surface area (Å²) >= 11 is 11.8. The first-order valence-electron chi connectivity index (χ1n) is 6.65. The molecule has 2 amide bonds. The SMILES string of the molecule is O=C1c2ccc(Cl)cc2C(=O)N1c1ccc2ncc(Cl)cc2n1. The van der Waals surface area contributed by atoms with Crippen LogP contribution < -0.4 is 4.90 Å². The summed E-state index contributed by atoms with van der Waals surface area (Å²) < 4.78 is 0. The van der Waals surface area contributed by atoms with Crippen molar-refractivity contribution < 1.29 is 9.59 Å². The number of imide groups is 1.